The molecule has 1 unspecified atom stereocenters. The molecule has 4 nitrogen and oxygen atoms in total. The lowest BCUT2D eigenvalue weighted by molar-refractivity contribution is -0.140. The van der Waals surface area contributed by atoms with Gasteiger partial charge in [-0.1, -0.05) is 38.1 Å². The Kier molecular flexibility index (Phi) is 6.83. The summed E-state index contributed by atoms with van der Waals surface area (Å²) in [6.45, 7) is 5.12. The fourth-order valence-electron chi connectivity index (χ4n) is 3.38. The van der Waals surface area contributed by atoms with Gasteiger partial charge in [-0.25, -0.2) is 0 Å². The van der Waals surface area contributed by atoms with Gasteiger partial charge in [0.15, 0.2) is 0 Å². The standard InChI is InChI=1S/C20H29NO3/c1-15(2)17-9-6-16(7-10-17)8-12-19(22)21-14-4-3-5-18(21)11-13-20(23)24/h6-7,9-10,15,18H,3-5,8,11-14H2,1-2H3,(H,23,24). The number of carbonyl (C=O) groups is 2. The van der Waals surface area contributed by atoms with Crippen molar-refractivity contribution in [2.75, 3.05) is 6.54 Å². The number of carboxylic acid groups (broad SMARTS) is 1. The molecule has 2 rings (SSSR count). The van der Waals surface area contributed by atoms with Crippen LogP contribution in [0.1, 0.15) is 69.4 Å². The molecule has 24 heavy (non-hydrogen) atoms. The summed E-state index contributed by atoms with van der Waals surface area (Å²) in [4.78, 5) is 25.3. The minimum atomic E-state index is -0.779. The van der Waals surface area contributed by atoms with Gasteiger partial charge in [-0.15, -0.1) is 0 Å². The molecule has 1 aliphatic heterocycles. The van der Waals surface area contributed by atoms with Crippen LogP contribution in [0.25, 0.3) is 0 Å². The van der Waals surface area contributed by atoms with Crippen LogP contribution < -0.4 is 0 Å². The fraction of sp³-hybridized carbons (Fsp3) is 0.600. The van der Waals surface area contributed by atoms with Crippen molar-refractivity contribution in [2.45, 2.75) is 70.8 Å². The number of carbonyl (C=O) groups excluding carboxylic acids is 1. The van der Waals surface area contributed by atoms with Crippen molar-refractivity contribution < 1.29 is 14.7 Å². The Morgan fingerprint density at radius 3 is 2.50 bits per heavy atom. The molecule has 132 valence electrons. The van der Waals surface area contributed by atoms with E-state index in [0.717, 1.165) is 32.2 Å². The lowest BCUT2D eigenvalue weighted by Crippen LogP contribution is -2.44. The summed E-state index contributed by atoms with van der Waals surface area (Å²) in [6, 6.07) is 8.61. The highest BCUT2D eigenvalue weighted by molar-refractivity contribution is 5.77. The molecule has 1 fully saturated rings. The van der Waals surface area contributed by atoms with Gasteiger partial charge in [0, 0.05) is 25.4 Å². The number of hydrogen-bond acceptors (Lipinski definition) is 2. The maximum Gasteiger partial charge on any atom is 0.303 e. The van der Waals surface area contributed by atoms with Gasteiger partial charge in [0.05, 0.1) is 0 Å². The number of hydrogen-bond donors (Lipinski definition) is 1. The molecule has 0 bridgehead atoms. The van der Waals surface area contributed by atoms with E-state index in [2.05, 4.69) is 38.1 Å². The van der Waals surface area contributed by atoms with E-state index >= 15 is 0 Å². The van der Waals surface area contributed by atoms with Crippen LogP contribution in [0.2, 0.25) is 0 Å². The number of carboxylic acids is 1. The molecule has 0 aromatic heterocycles. The highest BCUT2D eigenvalue weighted by atomic mass is 16.4. The summed E-state index contributed by atoms with van der Waals surface area (Å²) < 4.78 is 0. The zero-order chi connectivity index (χ0) is 17.5. The van der Waals surface area contributed by atoms with Crippen LogP contribution in [0.5, 0.6) is 0 Å². The van der Waals surface area contributed by atoms with Crippen molar-refractivity contribution in [1.82, 2.24) is 4.90 Å². The molecule has 0 saturated carbocycles. The average molecular weight is 331 g/mol. The second-order valence-electron chi connectivity index (χ2n) is 7.07. The Morgan fingerprint density at radius 1 is 1.17 bits per heavy atom. The summed E-state index contributed by atoms with van der Waals surface area (Å²) in [6.07, 6.45) is 5.02. The van der Waals surface area contributed by atoms with E-state index in [1.807, 2.05) is 4.90 Å². The zero-order valence-corrected chi connectivity index (χ0v) is 14.8. The molecule has 0 aliphatic carbocycles. The van der Waals surface area contributed by atoms with Crippen LogP contribution in [0, 0.1) is 0 Å². The van der Waals surface area contributed by atoms with Gasteiger partial charge in [-0.3, -0.25) is 9.59 Å². The summed E-state index contributed by atoms with van der Waals surface area (Å²) >= 11 is 0. The number of piperidine rings is 1. The van der Waals surface area contributed by atoms with Gasteiger partial charge in [-0.2, -0.15) is 0 Å². The Hall–Kier alpha value is -1.84. The third-order valence-electron chi connectivity index (χ3n) is 4.91. The van der Waals surface area contributed by atoms with Crippen molar-refractivity contribution in [3.05, 3.63) is 35.4 Å². The number of aryl methyl sites for hydroxylation is 1. The maximum atomic E-state index is 12.6. The highest BCUT2D eigenvalue weighted by Crippen LogP contribution is 2.22. The van der Waals surface area contributed by atoms with E-state index in [9.17, 15) is 9.59 Å². The number of rotatable bonds is 7. The van der Waals surface area contributed by atoms with E-state index in [1.165, 1.54) is 11.1 Å². The van der Waals surface area contributed by atoms with Crippen LogP contribution in [-0.2, 0) is 16.0 Å². The molecule has 1 amide bonds. The van der Waals surface area contributed by atoms with Gasteiger partial charge in [0.2, 0.25) is 5.91 Å². The summed E-state index contributed by atoms with van der Waals surface area (Å²) in [5, 5.41) is 8.88. The average Bonchev–Trinajstić information content (AvgIpc) is 2.58. The van der Waals surface area contributed by atoms with Crippen LogP contribution in [0.15, 0.2) is 24.3 Å². The van der Waals surface area contributed by atoms with Crippen LogP contribution in [-0.4, -0.2) is 34.5 Å². The fourth-order valence-corrected chi connectivity index (χ4v) is 3.38. The Balaban J connectivity index is 1.88. The van der Waals surface area contributed by atoms with Gasteiger partial charge in [-0.05, 0) is 49.1 Å². The summed E-state index contributed by atoms with van der Waals surface area (Å²) in [5.41, 5.74) is 2.50. The highest BCUT2D eigenvalue weighted by Gasteiger charge is 2.26. The normalized spacial score (nSPS) is 18.0. The molecule has 1 atom stereocenters. The summed E-state index contributed by atoms with van der Waals surface area (Å²) in [7, 11) is 0. The van der Waals surface area contributed by atoms with Crippen molar-refractivity contribution in [1.29, 1.82) is 0 Å². The second kappa shape index (κ2) is 8.86. The first-order valence-corrected chi connectivity index (χ1v) is 9.07. The second-order valence-corrected chi connectivity index (χ2v) is 7.07. The molecule has 1 aromatic carbocycles. The SMILES string of the molecule is CC(C)c1ccc(CCC(=O)N2CCCCC2CCC(=O)O)cc1. The molecule has 1 aliphatic rings. The van der Waals surface area contributed by atoms with Crippen LogP contribution in [0.3, 0.4) is 0 Å². The van der Waals surface area contributed by atoms with Crippen molar-refractivity contribution in [3.63, 3.8) is 0 Å². The molecule has 4 heteroatoms. The molecule has 1 heterocycles. The van der Waals surface area contributed by atoms with E-state index in [4.69, 9.17) is 5.11 Å². The van der Waals surface area contributed by atoms with Crippen molar-refractivity contribution in [2.24, 2.45) is 0 Å². The number of likely N-dealkylation sites (tertiary alicyclic amines) is 1. The topological polar surface area (TPSA) is 57.6 Å². The third-order valence-corrected chi connectivity index (χ3v) is 4.91. The van der Waals surface area contributed by atoms with Crippen LogP contribution in [0.4, 0.5) is 0 Å². The maximum absolute atomic E-state index is 12.6. The predicted octanol–water partition coefficient (Wildman–Crippen LogP) is 3.99. The molecule has 0 radical (unpaired) electrons. The van der Waals surface area contributed by atoms with E-state index in [1.54, 1.807) is 0 Å². The van der Waals surface area contributed by atoms with E-state index in [0.29, 0.717) is 18.8 Å². The molecule has 1 aromatic rings. The molecule has 1 N–H and O–H groups in total. The zero-order valence-electron chi connectivity index (χ0n) is 14.8. The first kappa shape index (κ1) is 18.5. The Morgan fingerprint density at radius 2 is 1.88 bits per heavy atom. The molecule has 0 spiro atoms. The largest absolute Gasteiger partial charge is 0.481 e. The molecule has 1 saturated heterocycles. The molecular formula is C20H29NO3. The number of benzene rings is 1. The predicted molar refractivity (Wildman–Crippen MR) is 95.1 cm³/mol. The smallest absolute Gasteiger partial charge is 0.303 e. The minimum Gasteiger partial charge on any atom is -0.481 e. The minimum absolute atomic E-state index is 0.102. The van der Waals surface area contributed by atoms with Gasteiger partial charge >= 0.3 is 5.97 Å². The van der Waals surface area contributed by atoms with Gasteiger partial charge in [0.1, 0.15) is 0 Å². The summed E-state index contributed by atoms with van der Waals surface area (Å²) in [5.74, 6) is -0.0970. The van der Waals surface area contributed by atoms with Gasteiger partial charge in [0.25, 0.3) is 0 Å². The lowest BCUT2D eigenvalue weighted by Gasteiger charge is -2.35. The Labute approximate surface area is 144 Å². The van der Waals surface area contributed by atoms with Crippen LogP contribution >= 0.6 is 0 Å². The first-order valence-electron chi connectivity index (χ1n) is 9.07. The van der Waals surface area contributed by atoms with Crippen molar-refractivity contribution >= 4 is 11.9 Å². The van der Waals surface area contributed by atoms with Crippen molar-refractivity contribution in [3.8, 4) is 0 Å². The van der Waals surface area contributed by atoms with E-state index < -0.39 is 5.97 Å². The number of nitrogens with zero attached hydrogens (tertiary/aromatic N) is 1. The third kappa shape index (κ3) is 5.36. The molecular weight excluding hydrogens is 302 g/mol. The monoisotopic (exact) mass is 331 g/mol. The van der Waals surface area contributed by atoms with Gasteiger partial charge < -0.3 is 10.0 Å². The Bertz CT molecular complexity index is 551. The van der Waals surface area contributed by atoms with E-state index in [-0.39, 0.29) is 18.4 Å². The first-order chi connectivity index (χ1) is 11.5. The number of aliphatic carboxylic acids is 1. The number of amides is 1. The quantitative estimate of drug-likeness (QED) is 0.822. The lowest BCUT2D eigenvalue weighted by atomic mass is 9.96.